The number of nitrogens with zero attached hydrogens (tertiary/aromatic N) is 4. The number of aromatic nitrogens is 4. The van der Waals surface area contributed by atoms with E-state index in [9.17, 15) is 0 Å². The maximum Gasteiger partial charge on any atom is 0.188 e. The third-order valence-electron chi connectivity index (χ3n) is 6.12. The van der Waals surface area contributed by atoms with Gasteiger partial charge in [0.2, 0.25) is 0 Å². The Bertz CT molecular complexity index is 1270. The second kappa shape index (κ2) is 11.1. The molecule has 1 aromatic carbocycles. The largest absolute Gasteiger partial charge is 0.381 e. The first kappa shape index (κ1) is 23.7. The third-order valence-corrected chi connectivity index (χ3v) is 6.55. The van der Waals surface area contributed by atoms with Crippen molar-refractivity contribution in [2.24, 2.45) is 5.73 Å². The SMILES string of the molecule is NCCc1cc(-c2cnc(P)c(-c3cc(-c4ccc(CNC5CCOCC5)cc4)no3)n2)ccn1. The molecule has 4 aromatic rings. The van der Waals surface area contributed by atoms with Crippen LogP contribution in [-0.2, 0) is 17.7 Å². The molecule has 1 saturated heterocycles. The van der Waals surface area contributed by atoms with Crippen molar-refractivity contribution in [3.05, 3.63) is 66.1 Å². The molecule has 9 heteroatoms. The van der Waals surface area contributed by atoms with Crippen molar-refractivity contribution in [3.63, 3.8) is 0 Å². The molecule has 1 fully saturated rings. The van der Waals surface area contributed by atoms with Crippen molar-refractivity contribution in [3.8, 4) is 34.0 Å². The highest BCUT2D eigenvalue weighted by Gasteiger charge is 2.16. The smallest absolute Gasteiger partial charge is 0.188 e. The van der Waals surface area contributed by atoms with Crippen LogP contribution in [0.2, 0.25) is 0 Å². The summed E-state index contributed by atoms with van der Waals surface area (Å²) in [5, 5.41) is 7.90. The van der Waals surface area contributed by atoms with E-state index < -0.39 is 0 Å². The second-order valence-electron chi connectivity index (χ2n) is 8.60. The Hall–Kier alpha value is -3.03. The van der Waals surface area contributed by atoms with Crippen LogP contribution in [0.3, 0.4) is 0 Å². The van der Waals surface area contributed by atoms with Crippen LogP contribution in [0.25, 0.3) is 34.0 Å². The topological polar surface area (TPSA) is 112 Å². The number of hydrogen-bond acceptors (Lipinski definition) is 8. The summed E-state index contributed by atoms with van der Waals surface area (Å²) >= 11 is 0. The van der Waals surface area contributed by atoms with E-state index in [4.69, 9.17) is 20.0 Å². The lowest BCUT2D eigenvalue weighted by Gasteiger charge is -2.23. The normalized spacial score (nSPS) is 14.3. The molecule has 1 aliphatic rings. The molecule has 1 unspecified atom stereocenters. The summed E-state index contributed by atoms with van der Waals surface area (Å²) in [7, 11) is 2.62. The minimum atomic E-state index is 0.527. The molecule has 8 nitrogen and oxygen atoms in total. The van der Waals surface area contributed by atoms with Crippen LogP contribution in [0.1, 0.15) is 24.1 Å². The molecule has 3 aromatic heterocycles. The van der Waals surface area contributed by atoms with Gasteiger partial charge in [-0.05, 0) is 37.1 Å². The monoisotopic (exact) mass is 488 g/mol. The molecule has 5 rings (SSSR count). The Labute approximate surface area is 206 Å². The molecular weight excluding hydrogens is 459 g/mol. The summed E-state index contributed by atoms with van der Waals surface area (Å²) < 4.78 is 11.1. The van der Waals surface area contributed by atoms with E-state index in [-0.39, 0.29) is 0 Å². The molecule has 35 heavy (non-hydrogen) atoms. The summed E-state index contributed by atoms with van der Waals surface area (Å²) in [4.78, 5) is 13.7. The quantitative estimate of drug-likeness (QED) is 0.364. The van der Waals surface area contributed by atoms with Gasteiger partial charge in [0.15, 0.2) is 5.76 Å². The lowest BCUT2D eigenvalue weighted by Crippen LogP contribution is -2.34. The van der Waals surface area contributed by atoms with E-state index in [0.717, 1.165) is 60.8 Å². The fourth-order valence-corrected chi connectivity index (χ4v) is 4.40. The van der Waals surface area contributed by atoms with Crippen LogP contribution in [-0.4, -0.2) is 45.9 Å². The number of hydrogen-bond donors (Lipinski definition) is 2. The van der Waals surface area contributed by atoms with E-state index in [0.29, 0.717) is 35.9 Å². The van der Waals surface area contributed by atoms with Crippen molar-refractivity contribution in [2.75, 3.05) is 19.8 Å². The highest BCUT2D eigenvalue weighted by Crippen LogP contribution is 2.27. The molecule has 0 amide bonds. The second-order valence-corrected chi connectivity index (χ2v) is 9.15. The number of rotatable bonds is 8. The molecule has 3 N–H and O–H groups in total. The standard InChI is InChI=1S/C26H29N6O2P/c27-9-5-21-13-19(6-10-28-21)23-16-30-26(35)25(31-23)24-14-22(32-34-24)18-3-1-17(2-4-18)15-29-20-7-11-33-12-8-20/h1-4,6,10,13-14,16,20,29H,5,7-9,11-12,15,27,35H2. The molecular formula is C26H29N6O2P. The first-order chi connectivity index (χ1) is 17.2. The first-order valence-electron chi connectivity index (χ1n) is 11.8. The van der Waals surface area contributed by atoms with E-state index >= 15 is 0 Å². The Morgan fingerprint density at radius 3 is 2.63 bits per heavy atom. The zero-order valence-corrected chi connectivity index (χ0v) is 20.6. The average molecular weight is 489 g/mol. The van der Waals surface area contributed by atoms with Gasteiger partial charge in [-0.2, -0.15) is 0 Å². The molecule has 0 spiro atoms. The summed E-state index contributed by atoms with van der Waals surface area (Å²) in [6.45, 7) is 3.07. The van der Waals surface area contributed by atoms with Gasteiger partial charge in [0.1, 0.15) is 11.4 Å². The van der Waals surface area contributed by atoms with Gasteiger partial charge in [-0.15, -0.1) is 0 Å². The molecule has 1 aliphatic heterocycles. The van der Waals surface area contributed by atoms with Gasteiger partial charge in [-0.3, -0.25) is 9.97 Å². The van der Waals surface area contributed by atoms with Crippen molar-refractivity contribution >= 4 is 14.7 Å². The minimum absolute atomic E-state index is 0.527. The van der Waals surface area contributed by atoms with Crippen LogP contribution in [0.5, 0.6) is 0 Å². The van der Waals surface area contributed by atoms with Gasteiger partial charge in [-0.25, -0.2) is 4.98 Å². The zero-order chi connectivity index (χ0) is 24.0. The van der Waals surface area contributed by atoms with E-state index in [1.807, 2.05) is 18.2 Å². The Morgan fingerprint density at radius 1 is 1.00 bits per heavy atom. The number of pyridine rings is 1. The minimum Gasteiger partial charge on any atom is -0.381 e. The van der Waals surface area contributed by atoms with Crippen LogP contribution < -0.4 is 16.5 Å². The lowest BCUT2D eigenvalue weighted by atomic mass is 10.1. The zero-order valence-electron chi connectivity index (χ0n) is 19.5. The fourth-order valence-electron chi connectivity index (χ4n) is 4.12. The molecule has 0 saturated carbocycles. The van der Waals surface area contributed by atoms with Gasteiger partial charge >= 0.3 is 0 Å². The third kappa shape index (κ3) is 5.80. The first-order valence-corrected chi connectivity index (χ1v) is 12.4. The molecule has 180 valence electrons. The van der Waals surface area contributed by atoms with Gasteiger partial charge in [0.05, 0.1) is 17.3 Å². The number of ether oxygens (including phenoxy) is 1. The van der Waals surface area contributed by atoms with Crippen LogP contribution in [0.4, 0.5) is 0 Å². The highest BCUT2D eigenvalue weighted by molar-refractivity contribution is 7.27. The Morgan fingerprint density at radius 2 is 1.83 bits per heavy atom. The highest BCUT2D eigenvalue weighted by atomic mass is 31.0. The molecule has 0 bridgehead atoms. The maximum absolute atomic E-state index is 5.68. The van der Waals surface area contributed by atoms with Crippen LogP contribution in [0.15, 0.2) is 59.4 Å². The van der Waals surface area contributed by atoms with Crippen molar-refractivity contribution < 1.29 is 9.26 Å². The van der Waals surface area contributed by atoms with Crippen LogP contribution in [0, 0.1) is 0 Å². The molecule has 0 aliphatic carbocycles. The summed E-state index contributed by atoms with van der Waals surface area (Å²) in [6, 6.07) is 14.7. The predicted octanol–water partition coefficient (Wildman–Crippen LogP) is 3.13. The van der Waals surface area contributed by atoms with Gasteiger partial charge in [0.25, 0.3) is 0 Å². The van der Waals surface area contributed by atoms with E-state index in [1.54, 1.807) is 12.4 Å². The average Bonchev–Trinajstić information content (AvgIpc) is 3.39. The Balaban J connectivity index is 1.32. The summed E-state index contributed by atoms with van der Waals surface area (Å²) in [6.07, 6.45) is 6.37. The molecule has 1 atom stereocenters. The fraction of sp³-hybridized carbons (Fsp3) is 0.308. The number of benzene rings is 1. The van der Waals surface area contributed by atoms with Crippen molar-refractivity contribution in [1.29, 1.82) is 0 Å². The van der Waals surface area contributed by atoms with Crippen LogP contribution >= 0.6 is 9.24 Å². The summed E-state index contributed by atoms with van der Waals surface area (Å²) in [5.74, 6) is 0.570. The molecule has 0 radical (unpaired) electrons. The van der Waals surface area contributed by atoms with Gasteiger partial charge in [0, 0.05) is 61.3 Å². The maximum atomic E-state index is 5.68. The van der Waals surface area contributed by atoms with Crippen molar-refractivity contribution in [2.45, 2.75) is 31.8 Å². The summed E-state index contributed by atoms with van der Waals surface area (Å²) in [5.41, 5.74) is 12.6. The van der Waals surface area contributed by atoms with Gasteiger partial charge < -0.3 is 20.3 Å². The lowest BCUT2D eigenvalue weighted by molar-refractivity contribution is 0.0776. The number of nitrogens with two attached hydrogens (primary N) is 1. The Kier molecular flexibility index (Phi) is 7.54. The van der Waals surface area contributed by atoms with E-state index in [2.05, 4.69) is 53.9 Å². The molecule has 4 heterocycles. The predicted molar refractivity (Wildman–Crippen MR) is 139 cm³/mol. The number of nitrogens with one attached hydrogen (secondary N) is 1. The van der Waals surface area contributed by atoms with Crippen molar-refractivity contribution in [1.82, 2.24) is 25.4 Å². The van der Waals surface area contributed by atoms with Gasteiger partial charge in [-0.1, -0.05) is 38.7 Å². The van der Waals surface area contributed by atoms with E-state index in [1.165, 1.54) is 5.56 Å².